The second-order valence-electron chi connectivity index (χ2n) is 6.88. The number of hydrogen-bond donors (Lipinski definition) is 1. The number of benzene rings is 1. The van der Waals surface area contributed by atoms with Crippen LogP contribution in [-0.4, -0.2) is 15.0 Å². The molecule has 4 rings (SSSR count). The number of aromatic nitrogens is 3. The molecule has 2 aromatic heterocycles. The van der Waals surface area contributed by atoms with Gasteiger partial charge in [-0.05, 0) is 49.6 Å². The van der Waals surface area contributed by atoms with Gasteiger partial charge in [-0.2, -0.15) is 13.2 Å². The van der Waals surface area contributed by atoms with E-state index in [4.69, 9.17) is 4.74 Å². The molecular formula is C20H17F4N3O. The average molecular weight is 391 g/mol. The zero-order valence-corrected chi connectivity index (χ0v) is 15.0. The molecule has 146 valence electrons. The van der Waals surface area contributed by atoms with Gasteiger partial charge in [0.2, 0.25) is 0 Å². The van der Waals surface area contributed by atoms with E-state index in [2.05, 4.69) is 15.0 Å². The standard InChI is InChI=1S/C20H17F4N3O/c1-11-6-13(16-9-26-19(27-16)12-2-3-12)4-5-18(11)28-10-17-15(21)7-14(8-25-17)20(22,23)24/h4-9,12H,2-3,10H2,1H3,(H,26,27). The quantitative estimate of drug-likeness (QED) is 0.593. The van der Waals surface area contributed by atoms with E-state index in [1.165, 1.54) is 0 Å². The lowest BCUT2D eigenvalue weighted by Crippen LogP contribution is -2.09. The van der Waals surface area contributed by atoms with Gasteiger partial charge in [0.15, 0.2) is 0 Å². The summed E-state index contributed by atoms with van der Waals surface area (Å²) < 4.78 is 57.2. The normalized spacial score (nSPS) is 14.3. The van der Waals surface area contributed by atoms with Gasteiger partial charge in [-0.1, -0.05) is 0 Å². The zero-order chi connectivity index (χ0) is 19.9. The van der Waals surface area contributed by atoms with Gasteiger partial charge in [0.05, 0.1) is 17.5 Å². The Kier molecular flexibility index (Phi) is 4.56. The Balaban J connectivity index is 1.46. The summed E-state index contributed by atoms with van der Waals surface area (Å²) >= 11 is 0. The molecule has 28 heavy (non-hydrogen) atoms. The topological polar surface area (TPSA) is 50.8 Å². The summed E-state index contributed by atoms with van der Waals surface area (Å²) in [4.78, 5) is 11.3. The van der Waals surface area contributed by atoms with Gasteiger partial charge in [0.25, 0.3) is 0 Å². The first-order valence-corrected chi connectivity index (χ1v) is 8.81. The predicted octanol–water partition coefficient (Wildman–Crippen LogP) is 5.39. The second-order valence-corrected chi connectivity index (χ2v) is 6.88. The number of nitrogens with zero attached hydrogens (tertiary/aromatic N) is 2. The fraction of sp³-hybridized carbons (Fsp3) is 0.300. The summed E-state index contributed by atoms with van der Waals surface area (Å²) in [5.41, 5.74) is 1.36. The number of aryl methyl sites for hydroxylation is 1. The number of nitrogens with one attached hydrogen (secondary N) is 1. The summed E-state index contributed by atoms with van der Waals surface area (Å²) in [7, 11) is 0. The fourth-order valence-electron chi connectivity index (χ4n) is 2.90. The van der Waals surface area contributed by atoms with Gasteiger partial charge in [0, 0.05) is 17.7 Å². The molecule has 0 spiro atoms. The van der Waals surface area contributed by atoms with Crippen LogP contribution in [-0.2, 0) is 12.8 Å². The van der Waals surface area contributed by atoms with Gasteiger partial charge < -0.3 is 9.72 Å². The van der Waals surface area contributed by atoms with Gasteiger partial charge in [-0.15, -0.1) is 0 Å². The molecule has 0 bridgehead atoms. The summed E-state index contributed by atoms with van der Waals surface area (Å²) in [6, 6.07) is 5.93. The van der Waals surface area contributed by atoms with Crippen molar-refractivity contribution in [2.75, 3.05) is 0 Å². The molecule has 1 aromatic carbocycles. The van der Waals surface area contributed by atoms with Crippen molar-refractivity contribution >= 4 is 0 Å². The highest BCUT2D eigenvalue weighted by Crippen LogP contribution is 2.39. The van der Waals surface area contributed by atoms with Crippen LogP contribution in [0.5, 0.6) is 5.75 Å². The molecular weight excluding hydrogens is 374 g/mol. The fourth-order valence-corrected chi connectivity index (χ4v) is 2.90. The molecule has 0 atom stereocenters. The molecule has 3 aromatic rings. The Morgan fingerprint density at radius 2 is 1.93 bits per heavy atom. The maximum atomic E-state index is 13.9. The molecule has 8 heteroatoms. The number of halogens is 4. The largest absolute Gasteiger partial charge is 0.487 e. The summed E-state index contributed by atoms with van der Waals surface area (Å²) in [5.74, 6) is 0.987. The maximum Gasteiger partial charge on any atom is 0.417 e. The van der Waals surface area contributed by atoms with E-state index in [1.807, 2.05) is 19.1 Å². The van der Waals surface area contributed by atoms with Crippen LogP contribution in [0.25, 0.3) is 11.3 Å². The van der Waals surface area contributed by atoms with Crippen molar-refractivity contribution in [3.63, 3.8) is 0 Å². The molecule has 2 heterocycles. The van der Waals surface area contributed by atoms with Gasteiger partial charge in [-0.3, -0.25) is 4.98 Å². The summed E-state index contributed by atoms with van der Waals surface area (Å²) in [6.07, 6.45) is 0.0875. The maximum absolute atomic E-state index is 13.9. The Morgan fingerprint density at radius 1 is 1.14 bits per heavy atom. The monoisotopic (exact) mass is 391 g/mol. The summed E-state index contributed by atoms with van der Waals surface area (Å²) in [5, 5.41) is 0. The van der Waals surface area contributed by atoms with Crippen LogP contribution in [0, 0.1) is 12.7 Å². The first kappa shape index (κ1) is 18.5. The van der Waals surface area contributed by atoms with Crippen LogP contribution in [0.3, 0.4) is 0 Å². The second kappa shape index (κ2) is 6.92. The van der Waals surface area contributed by atoms with Crippen LogP contribution in [0.1, 0.15) is 41.4 Å². The minimum Gasteiger partial charge on any atom is -0.487 e. The molecule has 4 nitrogen and oxygen atoms in total. The minimum absolute atomic E-state index is 0.181. The number of rotatable bonds is 5. The van der Waals surface area contributed by atoms with Crippen molar-refractivity contribution in [1.29, 1.82) is 0 Å². The molecule has 0 aliphatic heterocycles. The number of H-pyrrole nitrogens is 1. The van der Waals surface area contributed by atoms with Crippen molar-refractivity contribution in [3.8, 4) is 17.0 Å². The van der Waals surface area contributed by atoms with E-state index in [1.54, 1.807) is 12.3 Å². The molecule has 1 saturated carbocycles. The lowest BCUT2D eigenvalue weighted by atomic mass is 10.1. The van der Waals surface area contributed by atoms with Gasteiger partial charge in [0.1, 0.15) is 29.7 Å². The number of imidazole rings is 1. The van der Waals surface area contributed by atoms with Crippen molar-refractivity contribution in [2.45, 2.75) is 38.5 Å². The third-order valence-corrected chi connectivity index (χ3v) is 4.65. The molecule has 0 saturated heterocycles. The Labute approximate surface area is 158 Å². The SMILES string of the molecule is Cc1cc(-c2cnc(C3CC3)[nH]2)ccc1OCc1ncc(C(F)(F)F)cc1F. The van der Waals surface area contributed by atoms with E-state index >= 15 is 0 Å². The first-order valence-electron chi connectivity index (χ1n) is 8.81. The Morgan fingerprint density at radius 3 is 2.57 bits per heavy atom. The molecule has 1 aliphatic rings. The van der Waals surface area contributed by atoms with Crippen LogP contribution < -0.4 is 4.74 Å². The van der Waals surface area contributed by atoms with E-state index in [9.17, 15) is 17.6 Å². The molecule has 0 radical (unpaired) electrons. The number of pyridine rings is 1. The number of aromatic amines is 1. The van der Waals surface area contributed by atoms with E-state index < -0.39 is 17.6 Å². The average Bonchev–Trinajstić information content (AvgIpc) is 3.37. The highest BCUT2D eigenvalue weighted by molar-refractivity contribution is 5.61. The molecule has 1 N–H and O–H groups in total. The molecule has 0 amide bonds. The minimum atomic E-state index is -4.63. The van der Waals surface area contributed by atoms with Crippen LogP contribution in [0.4, 0.5) is 17.6 Å². The first-order chi connectivity index (χ1) is 13.3. The lowest BCUT2D eigenvalue weighted by molar-refractivity contribution is -0.138. The summed E-state index contributed by atoms with van der Waals surface area (Å²) in [6.45, 7) is 1.58. The smallest absolute Gasteiger partial charge is 0.417 e. The number of hydrogen-bond acceptors (Lipinski definition) is 3. The predicted molar refractivity (Wildman–Crippen MR) is 94.3 cm³/mol. The highest BCUT2D eigenvalue weighted by atomic mass is 19.4. The van der Waals surface area contributed by atoms with Gasteiger partial charge in [-0.25, -0.2) is 9.37 Å². The van der Waals surface area contributed by atoms with Crippen molar-refractivity contribution in [2.24, 2.45) is 0 Å². The van der Waals surface area contributed by atoms with Crippen LogP contribution in [0.2, 0.25) is 0 Å². The number of ether oxygens (including phenoxy) is 1. The number of alkyl halides is 3. The van der Waals surface area contributed by atoms with Crippen molar-refractivity contribution in [1.82, 2.24) is 15.0 Å². The third kappa shape index (κ3) is 3.85. The van der Waals surface area contributed by atoms with Crippen LogP contribution >= 0.6 is 0 Å². The zero-order valence-electron chi connectivity index (χ0n) is 15.0. The van der Waals surface area contributed by atoms with Crippen molar-refractivity contribution in [3.05, 3.63) is 65.1 Å². The van der Waals surface area contributed by atoms with E-state index in [-0.39, 0.29) is 12.3 Å². The Bertz CT molecular complexity index is 1010. The molecule has 1 fully saturated rings. The highest BCUT2D eigenvalue weighted by Gasteiger charge is 2.32. The Hall–Kier alpha value is -2.90. The van der Waals surface area contributed by atoms with Crippen LogP contribution in [0.15, 0.2) is 36.7 Å². The van der Waals surface area contributed by atoms with Gasteiger partial charge >= 0.3 is 6.18 Å². The molecule has 0 unspecified atom stereocenters. The third-order valence-electron chi connectivity index (χ3n) is 4.65. The lowest BCUT2D eigenvalue weighted by Gasteiger charge is -2.12. The van der Waals surface area contributed by atoms with E-state index in [0.29, 0.717) is 23.9 Å². The molecule has 1 aliphatic carbocycles. The van der Waals surface area contributed by atoms with Crippen molar-refractivity contribution < 1.29 is 22.3 Å². The van der Waals surface area contributed by atoms with E-state index in [0.717, 1.165) is 35.5 Å².